The molecule has 1 rings (SSSR count). The monoisotopic (exact) mass is 272 g/mol. The number of hydrogen-bond donors (Lipinski definition) is 2. The highest BCUT2D eigenvalue weighted by Gasteiger charge is 2.15. The van der Waals surface area contributed by atoms with Crippen LogP contribution in [0.1, 0.15) is 6.92 Å². The Bertz CT molecular complexity index is 412. The molecule has 0 aromatic heterocycles. The minimum absolute atomic E-state index is 0.230. The fourth-order valence-electron chi connectivity index (χ4n) is 1.27. The van der Waals surface area contributed by atoms with Gasteiger partial charge in [-0.2, -0.15) is 0 Å². The fraction of sp³-hybridized carbons (Fsp3) is 0.417. The van der Waals surface area contributed by atoms with Gasteiger partial charge in [0.15, 0.2) is 6.10 Å². The Hall–Kier alpha value is -1.46. The van der Waals surface area contributed by atoms with Crippen LogP contribution >= 0.6 is 11.6 Å². The van der Waals surface area contributed by atoms with Crippen LogP contribution in [0.5, 0.6) is 5.75 Å². The third-order valence-corrected chi connectivity index (χ3v) is 2.49. The van der Waals surface area contributed by atoms with E-state index in [9.17, 15) is 4.79 Å². The number of ether oxygens (including phenoxy) is 2. The molecule has 3 N–H and O–H groups in total. The molecule has 100 valence electrons. The van der Waals surface area contributed by atoms with Crippen LogP contribution in [0, 0.1) is 0 Å². The Kier molecular flexibility index (Phi) is 5.74. The first-order chi connectivity index (χ1) is 8.54. The summed E-state index contributed by atoms with van der Waals surface area (Å²) in [7, 11) is 1.57. The lowest BCUT2D eigenvalue weighted by Crippen LogP contribution is -2.38. The number of nitrogens with two attached hydrogens (primary N) is 1. The SMILES string of the molecule is COCCNC(=O)C(C)Oc1cc(Cl)ccc1N. The third-order valence-electron chi connectivity index (χ3n) is 2.25. The molecule has 0 aliphatic rings. The summed E-state index contributed by atoms with van der Waals surface area (Å²) in [5, 5.41) is 3.18. The van der Waals surface area contributed by atoms with Crippen LogP contribution in [-0.4, -0.2) is 32.3 Å². The van der Waals surface area contributed by atoms with E-state index in [2.05, 4.69) is 5.32 Å². The maximum absolute atomic E-state index is 11.7. The van der Waals surface area contributed by atoms with Gasteiger partial charge in [0.1, 0.15) is 5.75 Å². The number of halogens is 1. The summed E-state index contributed by atoms with van der Waals surface area (Å²) in [6.45, 7) is 2.54. The van der Waals surface area contributed by atoms with Crippen molar-refractivity contribution in [3.05, 3.63) is 23.2 Å². The molecule has 0 radical (unpaired) electrons. The molecular formula is C12H17ClN2O3. The molecule has 1 aromatic rings. The second-order valence-corrected chi connectivity index (χ2v) is 4.16. The number of nitrogen functional groups attached to an aromatic ring is 1. The molecule has 0 aliphatic carbocycles. The van der Waals surface area contributed by atoms with Gasteiger partial charge in [0, 0.05) is 24.7 Å². The van der Waals surface area contributed by atoms with E-state index in [0.717, 1.165) is 0 Å². The Morgan fingerprint density at radius 1 is 1.56 bits per heavy atom. The summed E-state index contributed by atoms with van der Waals surface area (Å²) in [6.07, 6.45) is -0.650. The quantitative estimate of drug-likeness (QED) is 0.607. The lowest BCUT2D eigenvalue weighted by molar-refractivity contribution is -0.127. The smallest absolute Gasteiger partial charge is 0.260 e. The first-order valence-corrected chi connectivity index (χ1v) is 5.90. The average Bonchev–Trinajstić information content (AvgIpc) is 2.34. The van der Waals surface area contributed by atoms with Gasteiger partial charge in [-0.3, -0.25) is 4.79 Å². The summed E-state index contributed by atoms with van der Waals surface area (Å²) in [5.74, 6) is 0.170. The zero-order chi connectivity index (χ0) is 13.5. The second kappa shape index (κ2) is 7.08. The fourth-order valence-corrected chi connectivity index (χ4v) is 1.44. The predicted molar refractivity (Wildman–Crippen MR) is 70.8 cm³/mol. The van der Waals surface area contributed by atoms with E-state index < -0.39 is 6.10 Å². The van der Waals surface area contributed by atoms with Gasteiger partial charge < -0.3 is 20.5 Å². The van der Waals surface area contributed by atoms with Crippen molar-refractivity contribution in [1.29, 1.82) is 0 Å². The third kappa shape index (κ3) is 4.43. The minimum Gasteiger partial charge on any atom is -0.479 e. The van der Waals surface area contributed by atoms with Crippen LogP contribution in [-0.2, 0) is 9.53 Å². The van der Waals surface area contributed by atoms with E-state index in [1.54, 1.807) is 32.2 Å². The van der Waals surface area contributed by atoms with E-state index in [1.165, 1.54) is 0 Å². The lowest BCUT2D eigenvalue weighted by Gasteiger charge is -2.16. The van der Waals surface area contributed by atoms with Crippen molar-refractivity contribution in [2.24, 2.45) is 0 Å². The maximum Gasteiger partial charge on any atom is 0.260 e. The van der Waals surface area contributed by atoms with Crippen LogP contribution in [0.4, 0.5) is 5.69 Å². The van der Waals surface area contributed by atoms with Crippen LogP contribution < -0.4 is 15.8 Å². The number of carbonyl (C=O) groups is 1. The number of hydrogen-bond acceptors (Lipinski definition) is 4. The highest BCUT2D eigenvalue weighted by molar-refractivity contribution is 6.30. The summed E-state index contributed by atoms with van der Waals surface area (Å²) < 4.78 is 10.3. The van der Waals surface area contributed by atoms with Gasteiger partial charge in [-0.1, -0.05) is 11.6 Å². The summed E-state index contributed by atoms with van der Waals surface area (Å²) >= 11 is 5.83. The van der Waals surface area contributed by atoms with Crippen LogP contribution in [0.25, 0.3) is 0 Å². The first kappa shape index (κ1) is 14.6. The number of carbonyl (C=O) groups excluding carboxylic acids is 1. The van der Waals surface area contributed by atoms with Crippen molar-refractivity contribution >= 4 is 23.2 Å². The van der Waals surface area contributed by atoms with Gasteiger partial charge in [0.25, 0.3) is 5.91 Å². The molecule has 1 aromatic carbocycles. The topological polar surface area (TPSA) is 73.6 Å². The van der Waals surface area contributed by atoms with Crippen molar-refractivity contribution in [2.75, 3.05) is 26.0 Å². The Morgan fingerprint density at radius 2 is 2.28 bits per heavy atom. The van der Waals surface area contributed by atoms with Crippen molar-refractivity contribution in [3.63, 3.8) is 0 Å². The highest BCUT2D eigenvalue weighted by atomic mass is 35.5. The average molecular weight is 273 g/mol. The molecule has 1 atom stereocenters. The number of rotatable bonds is 6. The summed E-state index contributed by atoms with van der Waals surface area (Å²) in [5.41, 5.74) is 6.16. The van der Waals surface area contributed by atoms with E-state index in [4.69, 9.17) is 26.8 Å². The van der Waals surface area contributed by atoms with Gasteiger partial charge in [0.05, 0.1) is 12.3 Å². The molecule has 0 heterocycles. The molecule has 0 saturated heterocycles. The molecular weight excluding hydrogens is 256 g/mol. The van der Waals surface area contributed by atoms with Crippen molar-refractivity contribution in [2.45, 2.75) is 13.0 Å². The molecule has 0 saturated carbocycles. The van der Waals surface area contributed by atoms with Crippen molar-refractivity contribution in [3.8, 4) is 5.75 Å². The number of amides is 1. The van der Waals surface area contributed by atoms with Gasteiger partial charge in [0.2, 0.25) is 0 Å². The predicted octanol–water partition coefficient (Wildman–Crippen LogP) is 1.45. The maximum atomic E-state index is 11.7. The van der Waals surface area contributed by atoms with Gasteiger partial charge in [-0.15, -0.1) is 0 Å². The minimum atomic E-state index is -0.650. The van der Waals surface area contributed by atoms with Crippen LogP contribution in [0.15, 0.2) is 18.2 Å². The lowest BCUT2D eigenvalue weighted by atomic mass is 10.3. The number of methoxy groups -OCH3 is 1. The Balaban J connectivity index is 2.55. The molecule has 0 bridgehead atoms. The number of anilines is 1. The van der Waals surface area contributed by atoms with E-state index in [1.807, 2.05) is 0 Å². The van der Waals surface area contributed by atoms with Crippen molar-refractivity contribution in [1.82, 2.24) is 5.32 Å². The largest absolute Gasteiger partial charge is 0.479 e. The standard InChI is InChI=1S/C12H17ClN2O3/c1-8(12(16)15-5-6-17-2)18-11-7-9(13)3-4-10(11)14/h3-4,7-8H,5-6,14H2,1-2H3,(H,15,16). The number of nitrogens with one attached hydrogen (secondary N) is 1. The molecule has 18 heavy (non-hydrogen) atoms. The zero-order valence-electron chi connectivity index (χ0n) is 10.4. The number of benzene rings is 1. The summed E-state index contributed by atoms with van der Waals surface area (Å²) in [4.78, 5) is 11.7. The van der Waals surface area contributed by atoms with E-state index >= 15 is 0 Å². The van der Waals surface area contributed by atoms with Gasteiger partial charge >= 0.3 is 0 Å². The summed E-state index contributed by atoms with van der Waals surface area (Å²) in [6, 6.07) is 4.87. The van der Waals surface area contributed by atoms with E-state index in [0.29, 0.717) is 29.6 Å². The molecule has 1 amide bonds. The zero-order valence-corrected chi connectivity index (χ0v) is 11.2. The molecule has 0 fully saturated rings. The van der Waals surface area contributed by atoms with E-state index in [-0.39, 0.29) is 5.91 Å². The highest BCUT2D eigenvalue weighted by Crippen LogP contribution is 2.26. The molecule has 5 nitrogen and oxygen atoms in total. The van der Waals surface area contributed by atoms with Gasteiger partial charge in [-0.05, 0) is 19.1 Å². The molecule has 0 spiro atoms. The molecule has 0 aliphatic heterocycles. The molecule has 1 unspecified atom stereocenters. The Morgan fingerprint density at radius 3 is 2.94 bits per heavy atom. The van der Waals surface area contributed by atoms with Gasteiger partial charge in [-0.25, -0.2) is 0 Å². The van der Waals surface area contributed by atoms with Crippen molar-refractivity contribution < 1.29 is 14.3 Å². The Labute approximate surface area is 111 Å². The normalized spacial score (nSPS) is 11.9. The first-order valence-electron chi connectivity index (χ1n) is 5.53. The second-order valence-electron chi connectivity index (χ2n) is 3.73. The van der Waals surface area contributed by atoms with Crippen LogP contribution in [0.2, 0.25) is 5.02 Å². The molecule has 6 heteroatoms. The van der Waals surface area contributed by atoms with Crippen LogP contribution in [0.3, 0.4) is 0 Å².